The molecule has 17 heavy (non-hydrogen) atoms. The summed E-state index contributed by atoms with van der Waals surface area (Å²) in [6.07, 6.45) is 1.92. The van der Waals surface area contributed by atoms with Gasteiger partial charge in [-0.1, -0.05) is 0 Å². The highest BCUT2D eigenvalue weighted by atomic mass is 35.5. The van der Waals surface area contributed by atoms with Gasteiger partial charge in [0.1, 0.15) is 0 Å². The summed E-state index contributed by atoms with van der Waals surface area (Å²) >= 11 is 5.67. The lowest BCUT2D eigenvalue weighted by atomic mass is 10.0. The van der Waals surface area contributed by atoms with E-state index >= 15 is 0 Å². The van der Waals surface area contributed by atoms with Crippen LogP contribution >= 0.6 is 11.6 Å². The van der Waals surface area contributed by atoms with E-state index in [0.717, 1.165) is 0 Å². The number of halogens is 1. The number of nitrogen functional groups attached to an aromatic ring is 1. The highest BCUT2D eigenvalue weighted by Gasteiger charge is 2.38. The maximum absolute atomic E-state index is 11.5. The van der Waals surface area contributed by atoms with E-state index in [4.69, 9.17) is 17.3 Å². The quantitative estimate of drug-likeness (QED) is 0.772. The number of sulfone groups is 1. The number of hydrogen-bond donors (Lipinski definition) is 2. The van der Waals surface area contributed by atoms with Gasteiger partial charge in [0.15, 0.2) is 15.7 Å². The van der Waals surface area contributed by atoms with Crippen LogP contribution in [0.25, 0.3) is 0 Å². The van der Waals surface area contributed by atoms with Crippen LogP contribution in [0.2, 0.25) is 5.28 Å². The average molecular weight is 277 g/mol. The van der Waals surface area contributed by atoms with Crippen LogP contribution in [0, 0.1) is 0 Å². The van der Waals surface area contributed by atoms with Crippen molar-refractivity contribution in [3.63, 3.8) is 0 Å². The van der Waals surface area contributed by atoms with Crippen molar-refractivity contribution in [2.75, 3.05) is 22.6 Å². The van der Waals surface area contributed by atoms with Crippen molar-refractivity contribution in [1.29, 1.82) is 0 Å². The molecule has 1 fully saturated rings. The summed E-state index contributed by atoms with van der Waals surface area (Å²) in [6.45, 7) is 1.83. The Morgan fingerprint density at radius 3 is 2.88 bits per heavy atom. The molecule has 0 amide bonds. The van der Waals surface area contributed by atoms with Crippen LogP contribution in [0.1, 0.15) is 13.3 Å². The smallest absolute Gasteiger partial charge is 0.224 e. The van der Waals surface area contributed by atoms with E-state index in [1.807, 2.05) is 6.92 Å². The molecule has 1 aromatic rings. The van der Waals surface area contributed by atoms with Crippen molar-refractivity contribution in [3.8, 4) is 0 Å². The van der Waals surface area contributed by atoms with Gasteiger partial charge in [0.25, 0.3) is 0 Å². The zero-order valence-corrected chi connectivity index (χ0v) is 10.8. The van der Waals surface area contributed by atoms with Crippen molar-refractivity contribution in [2.24, 2.45) is 0 Å². The fourth-order valence-electron chi connectivity index (χ4n) is 1.86. The minimum Gasteiger partial charge on any atom is -0.394 e. The molecule has 0 spiro atoms. The fourth-order valence-corrected chi connectivity index (χ4v) is 4.09. The van der Waals surface area contributed by atoms with Crippen molar-refractivity contribution < 1.29 is 8.42 Å². The Labute approximate surface area is 105 Å². The molecule has 0 radical (unpaired) electrons. The van der Waals surface area contributed by atoms with Crippen LogP contribution < -0.4 is 11.1 Å². The Balaban J connectivity index is 2.24. The summed E-state index contributed by atoms with van der Waals surface area (Å²) in [5.41, 5.74) is 5.49. The standard InChI is InChI=1S/C9H13ClN4O2S/c1-9(2-3-17(15,16)5-9)14-7-6(11)4-12-8(10)13-7/h4H,2-3,5,11H2,1H3,(H,12,13,14). The van der Waals surface area contributed by atoms with Gasteiger partial charge in [-0.15, -0.1) is 0 Å². The van der Waals surface area contributed by atoms with E-state index in [9.17, 15) is 8.42 Å². The second kappa shape index (κ2) is 3.99. The van der Waals surface area contributed by atoms with Crippen LogP contribution in [-0.4, -0.2) is 35.4 Å². The van der Waals surface area contributed by atoms with E-state index in [1.165, 1.54) is 6.20 Å². The maximum atomic E-state index is 11.5. The Bertz CT molecular complexity index is 548. The Hall–Kier alpha value is -1.08. The first kappa shape index (κ1) is 12.4. The first-order chi connectivity index (χ1) is 7.80. The highest BCUT2D eigenvalue weighted by Crippen LogP contribution is 2.29. The first-order valence-electron chi connectivity index (χ1n) is 5.06. The van der Waals surface area contributed by atoms with Gasteiger partial charge < -0.3 is 11.1 Å². The van der Waals surface area contributed by atoms with Crippen LogP contribution in [-0.2, 0) is 9.84 Å². The van der Waals surface area contributed by atoms with Gasteiger partial charge in [-0.3, -0.25) is 0 Å². The minimum absolute atomic E-state index is 0.0705. The summed E-state index contributed by atoms with van der Waals surface area (Å²) in [6, 6.07) is 0. The predicted octanol–water partition coefficient (Wildman–Crippen LogP) is 0.701. The summed E-state index contributed by atoms with van der Waals surface area (Å²) in [5.74, 6) is 0.626. The number of anilines is 2. The summed E-state index contributed by atoms with van der Waals surface area (Å²) < 4.78 is 22.9. The molecular formula is C9H13ClN4O2S. The molecule has 6 nitrogen and oxygen atoms in total. The van der Waals surface area contributed by atoms with Crippen molar-refractivity contribution in [1.82, 2.24) is 9.97 Å². The zero-order valence-electron chi connectivity index (χ0n) is 9.27. The lowest BCUT2D eigenvalue weighted by Crippen LogP contribution is -2.36. The molecule has 1 aromatic heterocycles. The number of aromatic nitrogens is 2. The zero-order chi connectivity index (χ0) is 12.7. The van der Waals surface area contributed by atoms with Crippen molar-refractivity contribution in [2.45, 2.75) is 18.9 Å². The van der Waals surface area contributed by atoms with Crippen molar-refractivity contribution >= 4 is 32.9 Å². The molecule has 1 unspecified atom stereocenters. The topological polar surface area (TPSA) is 98.0 Å². The van der Waals surface area contributed by atoms with Crippen LogP contribution in [0.5, 0.6) is 0 Å². The van der Waals surface area contributed by atoms with Crippen molar-refractivity contribution in [3.05, 3.63) is 11.5 Å². The molecule has 94 valence electrons. The number of rotatable bonds is 2. The molecule has 1 atom stereocenters. The molecule has 2 rings (SSSR count). The van der Waals surface area contributed by atoms with E-state index in [0.29, 0.717) is 17.9 Å². The molecule has 3 N–H and O–H groups in total. The van der Waals surface area contributed by atoms with E-state index < -0.39 is 15.4 Å². The van der Waals surface area contributed by atoms with E-state index in [1.54, 1.807) is 0 Å². The predicted molar refractivity (Wildman–Crippen MR) is 66.8 cm³/mol. The summed E-state index contributed by atoms with van der Waals surface area (Å²) in [5, 5.41) is 3.12. The average Bonchev–Trinajstić information content (AvgIpc) is 2.47. The molecule has 8 heteroatoms. The third-order valence-electron chi connectivity index (χ3n) is 2.71. The monoisotopic (exact) mass is 276 g/mol. The minimum atomic E-state index is -2.98. The Morgan fingerprint density at radius 1 is 1.59 bits per heavy atom. The number of nitrogens with zero attached hydrogens (tertiary/aromatic N) is 2. The van der Waals surface area contributed by atoms with Gasteiger partial charge in [-0.05, 0) is 24.9 Å². The molecule has 0 bridgehead atoms. The molecule has 2 heterocycles. The SMILES string of the molecule is CC1(Nc2nc(Cl)ncc2N)CCS(=O)(=O)C1. The molecule has 1 saturated heterocycles. The molecular weight excluding hydrogens is 264 g/mol. The van der Waals surface area contributed by atoms with E-state index in [2.05, 4.69) is 15.3 Å². The van der Waals surface area contributed by atoms with Crippen LogP contribution in [0.3, 0.4) is 0 Å². The van der Waals surface area contributed by atoms with Crippen LogP contribution in [0.4, 0.5) is 11.5 Å². The largest absolute Gasteiger partial charge is 0.394 e. The first-order valence-corrected chi connectivity index (χ1v) is 7.26. The number of nitrogens with two attached hydrogens (primary N) is 1. The van der Waals surface area contributed by atoms with Gasteiger partial charge in [-0.25, -0.2) is 13.4 Å². The summed E-state index contributed by atoms with van der Waals surface area (Å²) in [4.78, 5) is 7.69. The van der Waals surface area contributed by atoms with Gasteiger partial charge in [0, 0.05) is 0 Å². The summed E-state index contributed by atoms with van der Waals surface area (Å²) in [7, 11) is -2.98. The second-order valence-corrected chi connectivity index (χ2v) is 6.99. The Kier molecular flexibility index (Phi) is 2.90. The highest BCUT2D eigenvalue weighted by molar-refractivity contribution is 7.91. The molecule has 0 aliphatic carbocycles. The van der Waals surface area contributed by atoms with Crippen LogP contribution in [0.15, 0.2) is 6.20 Å². The maximum Gasteiger partial charge on any atom is 0.224 e. The lowest BCUT2D eigenvalue weighted by molar-refractivity contribution is 0.572. The van der Waals surface area contributed by atoms with E-state index in [-0.39, 0.29) is 16.8 Å². The van der Waals surface area contributed by atoms with Gasteiger partial charge in [0.05, 0.1) is 28.9 Å². The Morgan fingerprint density at radius 2 is 2.29 bits per heavy atom. The van der Waals surface area contributed by atoms with Gasteiger partial charge in [0.2, 0.25) is 5.28 Å². The third kappa shape index (κ3) is 2.78. The molecule has 0 saturated carbocycles. The lowest BCUT2D eigenvalue weighted by Gasteiger charge is -2.25. The second-order valence-electron chi connectivity index (χ2n) is 4.47. The van der Waals surface area contributed by atoms with Gasteiger partial charge in [-0.2, -0.15) is 4.98 Å². The van der Waals surface area contributed by atoms with Gasteiger partial charge >= 0.3 is 0 Å². The molecule has 1 aliphatic heterocycles. The third-order valence-corrected chi connectivity index (χ3v) is 4.80. The molecule has 1 aliphatic rings. The fraction of sp³-hybridized carbons (Fsp3) is 0.556. The normalized spacial score (nSPS) is 26.9. The molecule has 0 aromatic carbocycles. The number of hydrogen-bond acceptors (Lipinski definition) is 6. The number of nitrogens with one attached hydrogen (secondary N) is 1.